The highest BCUT2D eigenvalue weighted by Gasteiger charge is 2.16. The zero-order chi connectivity index (χ0) is 9.56. The summed E-state index contributed by atoms with van der Waals surface area (Å²) in [4.78, 5) is 11.0. The first-order chi connectivity index (χ1) is 5.61. The lowest BCUT2D eigenvalue weighted by molar-refractivity contribution is -0.131. The van der Waals surface area contributed by atoms with E-state index in [9.17, 15) is 4.79 Å². The summed E-state index contributed by atoms with van der Waals surface area (Å²) in [7, 11) is -1.87. The Morgan fingerprint density at radius 1 is 1.67 bits per heavy atom. The first-order valence-electron chi connectivity index (χ1n) is 3.78. The molecule has 0 fully saturated rings. The first kappa shape index (κ1) is 11.7. The van der Waals surface area contributed by atoms with Crippen molar-refractivity contribution in [2.75, 3.05) is 0 Å². The normalized spacial score (nSPS) is 12.2. The van der Waals surface area contributed by atoms with E-state index in [0.717, 1.165) is 12.5 Å². The van der Waals surface area contributed by atoms with Crippen molar-refractivity contribution in [3.63, 3.8) is 0 Å². The maximum absolute atomic E-state index is 11.0. The van der Waals surface area contributed by atoms with Gasteiger partial charge < -0.3 is 8.30 Å². The SMILES string of the molecule is C=C(C)C(=O)O[SiH](CCC)OS. The van der Waals surface area contributed by atoms with Crippen LogP contribution in [0.4, 0.5) is 0 Å². The largest absolute Gasteiger partial charge is 0.493 e. The summed E-state index contributed by atoms with van der Waals surface area (Å²) in [5.41, 5.74) is 0.397. The highest BCUT2D eigenvalue weighted by atomic mass is 32.1. The number of rotatable bonds is 5. The Morgan fingerprint density at radius 3 is 2.58 bits per heavy atom. The molecular formula is C7H14O3SSi. The van der Waals surface area contributed by atoms with Crippen LogP contribution in [0.25, 0.3) is 0 Å². The first-order valence-corrected chi connectivity index (χ1v) is 5.91. The summed E-state index contributed by atoms with van der Waals surface area (Å²) in [6.45, 7) is 7.08. The molecule has 1 unspecified atom stereocenters. The van der Waals surface area contributed by atoms with Crippen molar-refractivity contribution in [3.05, 3.63) is 12.2 Å². The van der Waals surface area contributed by atoms with Crippen LogP contribution in [0.3, 0.4) is 0 Å². The van der Waals surface area contributed by atoms with Crippen LogP contribution < -0.4 is 0 Å². The minimum atomic E-state index is -1.87. The minimum Gasteiger partial charge on any atom is -0.493 e. The van der Waals surface area contributed by atoms with Crippen LogP contribution in [0.15, 0.2) is 12.2 Å². The van der Waals surface area contributed by atoms with E-state index < -0.39 is 9.28 Å². The van der Waals surface area contributed by atoms with Crippen LogP contribution >= 0.6 is 12.9 Å². The van der Waals surface area contributed by atoms with Gasteiger partial charge in [0.15, 0.2) is 0 Å². The zero-order valence-corrected chi connectivity index (χ0v) is 9.42. The van der Waals surface area contributed by atoms with Gasteiger partial charge in [-0.25, -0.2) is 4.79 Å². The number of hydrogen-bond donors (Lipinski definition) is 1. The molecule has 0 aliphatic heterocycles. The van der Waals surface area contributed by atoms with E-state index in [2.05, 4.69) is 19.5 Å². The lowest BCUT2D eigenvalue weighted by Crippen LogP contribution is -2.23. The Morgan fingerprint density at radius 2 is 2.25 bits per heavy atom. The van der Waals surface area contributed by atoms with Gasteiger partial charge in [-0.05, 0) is 25.9 Å². The van der Waals surface area contributed by atoms with E-state index in [1.807, 2.05) is 6.92 Å². The molecule has 0 heterocycles. The lowest BCUT2D eigenvalue weighted by atomic mass is 10.4. The van der Waals surface area contributed by atoms with Crippen LogP contribution in [0.5, 0.6) is 0 Å². The quantitative estimate of drug-likeness (QED) is 0.321. The van der Waals surface area contributed by atoms with Crippen molar-refractivity contribution in [2.24, 2.45) is 0 Å². The molecule has 0 N–H and O–H groups in total. The van der Waals surface area contributed by atoms with Crippen LogP contribution in [0.1, 0.15) is 20.3 Å². The summed E-state index contributed by atoms with van der Waals surface area (Å²) in [5, 5.41) is 0. The molecule has 0 saturated carbocycles. The van der Waals surface area contributed by atoms with E-state index in [-0.39, 0.29) is 5.97 Å². The monoisotopic (exact) mass is 206 g/mol. The number of carbonyl (C=O) groups excluding carboxylic acids is 1. The van der Waals surface area contributed by atoms with E-state index in [0.29, 0.717) is 5.57 Å². The van der Waals surface area contributed by atoms with Crippen molar-refractivity contribution in [2.45, 2.75) is 26.3 Å². The van der Waals surface area contributed by atoms with Crippen LogP contribution in [-0.4, -0.2) is 15.3 Å². The van der Waals surface area contributed by atoms with Gasteiger partial charge in [0.2, 0.25) is 0 Å². The van der Waals surface area contributed by atoms with Gasteiger partial charge in [0.1, 0.15) is 0 Å². The smallest absolute Gasteiger partial charge is 0.396 e. The molecule has 0 aromatic rings. The van der Waals surface area contributed by atoms with Crippen molar-refractivity contribution in [1.82, 2.24) is 0 Å². The van der Waals surface area contributed by atoms with Gasteiger partial charge >= 0.3 is 15.3 Å². The second kappa shape index (κ2) is 6.27. The topological polar surface area (TPSA) is 35.5 Å². The fourth-order valence-electron chi connectivity index (χ4n) is 0.589. The molecule has 0 saturated heterocycles. The summed E-state index contributed by atoms with van der Waals surface area (Å²) < 4.78 is 9.76. The molecule has 1 atom stereocenters. The minimum absolute atomic E-state index is 0.380. The second-order valence-electron chi connectivity index (χ2n) is 2.51. The van der Waals surface area contributed by atoms with Crippen LogP contribution in [0, 0.1) is 0 Å². The lowest BCUT2D eigenvalue weighted by Gasteiger charge is -2.11. The molecule has 70 valence electrons. The fraction of sp³-hybridized carbons (Fsp3) is 0.571. The highest BCUT2D eigenvalue weighted by molar-refractivity contribution is 7.76. The predicted molar refractivity (Wildman–Crippen MR) is 53.2 cm³/mol. The van der Waals surface area contributed by atoms with Gasteiger partial charge in [0.05, 0.1) is 0 Å². The molecule has 3 nitrogen and oxygen atoms in total. The Labute approximate surface area is 80.2 Å². The Balaban J connectivity index is 3.85. The van der Waals surface area contributed by atoms with Crippen LogP contribution in [0.2, 0.25) is 6.04 Å². The molecule has 0 aliphatic rings. The number of hydrogen-bond acceptors (Lipinski definition) is 4. The standard InChI is InChI=1S/C7H14O3SSi/c1-4-5-12(10-11)9-7(8)6(2)3/h11-12H,2,4-5H2,1,3H3. The van der Waals surface area contributed by atoms with E-state index >= 15 is 0 Å². The van der Waals surface area contributed by atoms with Gasteiger partial charge in [-0.15, -0.1) is 0 Å². The second-order valence-corrected chi connectivity index (χ2v) is 5.02. The Hall–Kier alpha value is -0.263. The molecule has 5 heteroatoms. The maximum atomic E-state index is 11.0. The summed E-state index contributed by atoms with van der Waals surface area (Å²) >= 11 is 3.65. The van der Waals surface area contributed by atoms with Gasteiger partial charge in [0, 0.05) is 5.57 Å². The van der Waals surface area contributed by atoms with Crippen molar-refractivity contribution >= 4 is 28.2 Å². The Kier molecular flexibility index (Phi) is 6.14. The summed E-state index contributed by atoms with van der Waals surface area (Å²) in [6, 6.07) is 0.780. The molecule has 0 rings (SSSR count). The third-order valence-electron chi connectivity index (χ3n) is 1.23. The predicted octanol–water partition coefficient (Wildman–Crippen LogP) is 1.60. The molecule has 0 radical (unpaired) electrons. The molecule has 12 heavy (non-hydrogen) atoms. The van der Waals surface area contributed by atoms with Crippen molar-refractivity contribution < 1.29 is 13.1 Å². The molecule has 0 amide bonds. The highest BCUT2D eigenvalue weighted by Crippen LogP contribution is 2.05. The Bertz CT molecular complexity index is 172. The summed E-state index contributed by atoms with van der Waals surface area (Å²) in [6.07, 6.45) is 0.931. The fourth-order valence-corrected chi connectivity index (χ4v) is 2.21. The van der Waals surface area contributed by atoms with E-state index in [1.54, 1.807) is 6.92 Å². The maximum Gasteiger partial charge on any atom is 0.396 e. The number of thiol groups is 1. The average molecular weight is 206 g/mol. The molecule has 0 aromatic heterocycles. The van der Waals surface area contributed by atoms with Gasteiger partial charge in [0.25, 0.3) is 0 Å². The third-order valence-corrected chi connectivity index (χ3v) is 3.70. The molecule has 0 spiro atoms. The zero-order valence-electron chi connectivity index (χ0n) is 7.37. The molecule has 0 aliphatic carbocycles. The van der Waals surface area contributed by atoms with Gasteiger partial charge in [-0.1, -0.05) is 19.9 Å². The van der Waals surface area contributed by atoms with Crippen LogP contribution in [-0.2, 0) is 13.1 Å². The van der Waals surface area contributed by atoms with Crippen molar-refractivity contribution in [1.29, 1.82) is 0 Å². The average Bonchev–Trinajstić information content (AvgIpc) is 2.03. The van der Waals surface area contributed by atoms with Gasteiger partial charge in [-0.2, -0.15) is 0 Å². The van der Waals surface area contributed by atoms with Gasteiger partial charge in [-0.3, -0.25) is 0 Å². The van der Waals surface area contributed by atoms with E-state index in [1.165, 1.54) is 0 Å². The third kappa shape index (κ3) is 4.58. The van der Waals surface area contributed by atoms with Crippen molar-refractivity contribution in [3.8, 4) is 0 Å². The molecule has 0 aromatic carbocycles. The number of carbonyl (C=O) groups is 1. The summed E-state index contributed by atoms with van der Waals surface area (Å²) in [5.74, 6) is -0.380. The molecular weight excluding hydrogens is 192 g/mol. The molecule has 0 bridgehead atoms. The van der Waals surface area contributed by atoms with E-state index in [4.69, 9.17) is 8.30 Å².